The van der Waals surface area contributed by atoms with E-state index in [1.165, 1.54) is 0 Å². The van der Waals surface area contributed by atoms with E-state index in [9.17, 15) is 30.0 Å². The van der Waals surface area contributed by atoms with Crippen LogP contribution in [0.25, 0.3) is 0 Å². The first kappa shape index (κ1) is 21.4. The third kappa shape index (κ3) is 3.17. The van der Waals surface area contributed by atoms with Crippen molar-refractivity contribution in [2.24, 2.45) is 11.8 Å². The summed E-state index contributed by atoms with van der Waals surface area (Å²) >= 11 is 0. The predicted octanol–water partition coefficient (Wildman–Crippen LogP) is -0.865. The van der Waals surface area contributed by atoms with Crippen LogP contribution in [0, 0.1) is 11.8 Å². The molecule has 0 saturated carbocycles. The molecule has 0 aromatic carbocycles. The van der Waals surface area contributed by atoms with Gasteiger partial charge in [0.2, 0.25) is 0 Å². The van der Waals surface area contributed by atoms with E-state index < -0.39 is 67.3 Å². The Morgan fingerprint density at radius 2 is 1.87 bits per heavy atom. The van der Waals surface area contributed by atoms with Gasteiger partial charge >= 0.3 is 5.97 Å². The number of hydrogen-bond donors (Lipinski definition) is 4. The first-order valence-corrected chi connectivity index (χ1v) is 9.93. The summed E-state index contributed by atoms with van der Waals surface area (Å²) in [5.74, 6) is -1.69. The first-order valence-electron chi connectivity index (χ1n) is 9.93. The van der Waals surface area contributed by atoms with Crippen molar-refractivity contribution in [1.82, 2.24) is 0 Å². The van der Waals surface area contributed by atoms with Gasteiger partial charge in [0.1, 0.15) is 30.5 Å². The number of carbonyl (C=O) groups is 2. The second-order valence-electron chi connectivity index (χ2n) is 8.42. The number of carbonyl (C=O) groups excluding carboxylic acids is 2. The summed E-state index contributed by atoms with van der Waals surface area (Å²) < 4.78 is 17.1. The lowest BCUT2D eigenvalue weighted by molar-refractivity contribution is -0.314. The molecular weight excluding hydrogens is 396 g/mol. The summed E-state index contributed by atoms with van der Waals surface area (Å²) in [5, 5.41) is 39.8. The molecule has 0 aromatic heterocycles. The molecule has 2 saturated heterocycles. The van der Waals surface area contributed by atoms with Crippen molar-refractivity contribution >= 4 is 11.8 Å². The summed E-state index contributed by atoms with van der Waals surface area (Å²) in [6.07, 6.45) is -6.78. The van der Waals surface area contributed by atoms with Crippen molar-refractivity contribution in [2.45, 2.75) is 63.2 Å². The highest BCUT2D eigenvalue weighted by atomic mass is 16.7. The molecule has 9 unspecified atom stereocenters. The Hall–Kier alpha value is -1.88. The summed E-state index contributed by atoms with van der Waals surface area (Å²) in [7, 11) is 0. The average molecular weight is 422 g/mol. The number of aliphatic hydroxyl groups is 4. The molecule has 0 radical (unpaired) electrons. The number of ether oxygens (including phenoxy) is 3. The fourth-order valence-corrected chi connectivity index (χ4v) is 5.00. The van der Waals surface area contributed by atoms with Crippen LogP contribution < -0.4 is 0 Å². The van der Waals surface area contributed by atoms with Gasteiger partial charge in [0.25, 0.3) is 0 Å². The van der Waals surface area contributed by atoms with Crippen LogP contribution in [-0.2, 0) is 23.8 Å². The molecule has 2 aliphatic heterocycles. The third-order valence-electron chi connectivity index (χ3n) is 6.54. The quantitative estimate of drug-likeness (QED) is 0.337. The minimum atomic E-state index is -1.59. The van der Waals surface area contributed by atoms with Crippen LogP contribution in [0.3, 0.4) is 0 Å². The number of esters is 1. The third-order valence-corrected chi connectivity index (χ3v) is 6.54. The van der Waals surface area contributed by atoms with Crippen molar-refractivity contribution in [3.63, 3.8) is 0 Å². The van der Waals surface area contributed by atoms with Gasteiger partial charge in [0, 0.05) is 17.1 Å². The largest absolute Gasteiger partial charge is 0.457 e. The average Bonchev–Trinajstić information content (AvgIpc) is 3.11. The highest BCUT2D eigenvalue weighted by molar-refractivity contribution is 6.09. The molecule has 9 nitrogen and oxygen atoms in total. The standard InChI is InChI=1S/C21H26O9/c1-7-4-10(23)13-8(2)5-11(15-9(3)20(27)30-19(15)14(7)13)28-21-18(26)17(25)16(24)12(6-22)29-21/h4,11-12,14-19,21-22,24-26H,3,5-6H2,1-2H3. The number of fused-ring (bicyclic) bond motifs is 3. The Labute approximate surface area is 173 Å². The SMILES string of the molecule is C=C1C(=O)OC2C3C(C)=CC(=O)C3=C(C)CC(OC3OC(CO)C(O)C(O)C3O)C12. The van der Waals surface area contributed by atoms with E-state index in [1.807, 2.05) is 13.8 Å². The smallest absolute Gasteiger partial charge is 0.334 e. The van der Waals surface area contributed by atoms with Crippen LogP contribution in [0.4, 0.5) is 0 Å². The van der Waals surface area contributed by atoms with E-state index in [-0.39, 0.29) is 17.8 Å². The molecule has 9 atom stereocenters. The Morgan fingerprint density at radius 1 is 1.17 bits per heavy atom. The van der Waals surface area contributed by atoms with E-state index in [0.717, 1.165) is 11.1 Å². The van der Waals surface area contributed by atoms with E-state index >= 15 is 0 Å². The summed E-state index contributed by atoms with van der Waals surface area (Å²) in [4.78, 5) is 24.9. The fraction of sp³-hybridized carbons (Fsp3) is 0.619. The Kier molecular flexibility index (Phi) is 5.46. The highest BCUT2D eigenvalue weighted by Gasteiger charge is 2.54. The lowest BCUT2D eigenvalue weighted by atomic mass is 9.82. The number of allylic oxidation sites excluding steroid dienone is 1. The van der Waals surface area contributed by atoms with Gasteiger partial charge in [-0.2, -0.15) is 0 Å². The molecule has 0 aromatic rings. The molecule has 2 fully saturated rings. The molecule has 0 amide bonds. The molecule has 4 N–H and O–H groups in total. The maximum Gasteiger partial charge on any atom is 0.334 e. The minimum Gasteiger partial charge on any atom is -0.457 e. The number of hydrogen-bond acceptors (Lipinski definition) is 9. The summed E-state index contributed by atoms with van der Waals surface area (Å²) in [6.45, 7) is 6.89. The van der Waals surface area contributed by atoms with Crippen molar-refractivity contribution in [3.05, 3.63) is 34.9 Å². The maximum absolute atomic E-state index is 12.6. The van der Waals surface area contributed by atoms with Crippen LogP contribution in [0.2, 0.25) is 0 Å². The molecule has 2 aliphatic carbocycles. The lowest BCUT2D eigenvalue weighted by Crippen LogP contribution is -2.60. The van der Waals surface area contributed by atoms with Gasteiger partial charge < -0.3 is 34.6 Å². The molecule has 4 aliphatic rings. The van der Waals surface area contributed by atoms with E-state index in [1.54, 1.807) is 6.08 Å². The van der Waals surface area contributed by atoms with Gasteiger partial charge in [0.15, 0.2) is 12.1 Å². The minimum absolute atomic E-state index is 0.129. The molecule has 0 bridgehead atoms. The number of aliphatic hydroxyl groups excluding tert-OH is 4. The Balaban J connectivity index is 1.67. The second-order valence-corrected chi connectivity index (χ2v) is 8.42. The normalized spacial score (nSPS) is 43.9. The molecule has 4 rings (SSSR count). The van der Waals surface area contributed by atoms with Crippen molar-refractivity contribution in [1.29, 1.82) is 0 Å². The van der Waals surface area contributed by atoms with Crippen molar-refractivity contribution < 1.29 is 44.2 Å². The topological polar surface area (TPSA) is 143 Å². The molecule has 30 heavy (non-hydrogen) atoms. The van der Waals surface area contributed by atoms with E-state index in [0.29, 0.717) is 5.57 Å². The summed E-state index contributed by atoms with van der Waals surface area (Å²) in [5.41, 5.74) is 2.34. The highest BCUT2D eigenvalue weighted by Crippen LogP contribution is 2.48. The van der Waals surface area contributed by atoms with Crippen molar-refractivity contribution in [3.8, 4) is 0 Å². The Morgan fingerprint density at radius 3 is 2.53 bits per heavy atom. The van der Waals surface area contributed by atoms with Crippen LogP contribution >= 0.6 is 0 Å². The van der Waals surface area contributed by atoms with E-state index in [2.05, 4.69) is 6.58 Å². The zero-order valence-electron chi connectivity index (χ0n) is 16.7. The van der Waals surface area contributed by atoms with Crippen LogP contribution in [0.15, 0.2) is 34.9 Å². The second kappa shape index (κ2) is 7.67. The molecule has 2 heterocycles. The van der Waals surface area contributed by atoms with Crippen LogP contribution in [0.5, 0.6) is 0 Å². The number of ketones is 1. The van der Waals surface area contributed by atoms with Gasteiger partial charge in [-0.05, 0) is 26.3 Å². The van der Waals surface area contributed by atoms with Gasteiger partial charge in [0.05, 0.1) is 18.6 Å². The maximum atomic E-state index is 12.6. The number of rotatable bonds is 3. The van der Waals surface area contributed by atoms with Gasteiger partial charge in [-0.15, -0.1) is 0 Å². The molecule has 9 heteroatoms. The van der Waals surface area contributed by atoms with Gasteiger partial charge in [-0.3, -0.25) is 4.79 Å². The zero-order valence-corrected chi connectivity index (χ0v) is 16.7. The predicted molar refractivity (Wildman–Crippen MR) is 101 cm³/mol. The molecule has 164 valence electrons. The first-order chi connectivity index (χ1) is 14.1. The molecular formula is C21H26O9. The Bertz CT molecular complexity index is 841. The van der Waals surface area contributed by atoms with Gasteiger partial charge in [-0.25, -0.2) is 4.79 Å². The van der Waals surface area contributed by atoms with Crippen molar-refractivity contribution in [2.75, 3.05) is 6.61 Å². The fourth-order valence-electron chi connectivity index (χ4n) is 5.00. The van der Waals surface area contributed by atoms with Crippen LogP contribution in [-0.4, -0.2) is 81.7 Å². The zero-order chi connectivity index (χ0) is 21.9. The van der Waals surface area contributed by atoms with Crippen LogP contribution in [0.1, 0.15) is 20.3 Å². The lowest BCUT2D eigenvalue weighted by Gasteiger charge is -2.41. The summed E-state index contributed by atoms with van der Waals surface area (Å²) in [6, 6.07) is 0. The monoisotopic (exact) mass is 422 g/mol. The van der Waals surface area contributed by atoms with Gasteiger partial charge in [-0.1, -0.05) is 17.7 Å². The molecule has 0 spiro atoms. The van der Waals surface area contributed by atoms with E-state index in [4.69, 9.17) is 14.2 Å².